The molecular weight excluding hydrogens is 252 g/mol. The molecule has 1 N–H and O–H groups in total. The second kappa shape index (κ2) is 7.22. The fraction of sp³-hybridized carbons (Fsp3) is 0.438. The Morgan fingerprint density at radius 2 is 2.05 bits per heavy atom. The van der Waals surface area contributed by atoms with Gasteiger partial charge in [-0.25, -0.2) is 4.98 Å². The average molecular weight is 274 g/mol. The fourth-order valence-electron chi connectivity index (χ4n) is 2.21. The number of ether oxygens (including phenoxy) is 2. The number of hydrogen-bond donors (Lipinski definition) is 1. The first-order valence-electron chi connectivity index (χ1n) is 6.87. The highest BCUT2D eigenvalue weighted by molar-refractivity contribution is 5.84. The maximum absolute atomic E-state index is 5.36. The Bertz CT molecular complexity index is 557. The standard InChI is InChI=1S/C16H22N2O2/c1-12(11-19-2)9-17-10-14-8-7-13-5-4-6-15(20-3)16(13)18-14/h4-8,12,17H,9-11H2,1-3H3. The van der Waals surface area contributed by atoms with Crippen LogP contribution in [0.15, 0.2) is 30.3 Å². The van der Waals surface area contributed by atoms with Crippen LogP contribution in [0, 0.1) is 5.92 Å². The number of rotatable bonds is 7. The number of pyridine rings is 1. The van der Waals surface area contributed by atoms with Crippen LogP contribution in [0.2, 0.25) is 0 Å². The van der Waals surface area contributed by atoms with Gasteiger partial charge in [0.25, 0.3) is 0 Å². The molecule has 1 heterocycles. The molecule has 0 aliphatic carbocycles. The van der Waals surface area contributed by atoms with Gasteiger partial charge in [0.2, 0.25) is 0 Å². The summed E-state index contributed by atoms with van der Waals surface area (Å²) in [5, 5.41) is 4.50. The summed E-state index contributed by atoms with van der Waals surface area (Å²) < 4.78 is 10.5. The Kier molecular flexibility index (Phi) is 5.32. The van der Waals surface area contributed by atoms with Gasteiger partial charge in [-0.05, 0) is 18.1 Å². The van der Waals surface area contributed by atoms with Crippen molar-refractivity contribution in [2.24, 2.45) is 5.92 Å². The number of nitrogens with one attached hydrogen (secondary N) is 1. The van der Waals surface area contributed by atoms with E-state index in [9.17, 15) is 0 Å². The molecular formula is C16H22N2O2. The third-order valence-corrected chi connectivity index (χ3v) is 3.21. The lowest BCUT2D eigenvalue weighted by Crippen LogP contribution is -2.23. The number of nitrogens with zero attached hydrogens (tertiary/aromatic N) is 1. The lowest BCUT2D eigenvalue weighted by atomic mass is 10.1. The number of para-hydroxylation sites is 1. The van der Waals surface area contributed by atoms with Crippen LogP contribution < -0.4 is 10.1 Å². The summed E-state index contributed by atoms with van der Waals surface area (Å²) in [4.78, 5) is 4.67. The molecule has 0 aliphatic heterocycles. The molecule has 0 bridgehead atoms. The highest BCUT2D eigenvalue weighted by Gasteiger charge is 2.05. The molecule has 2 aromatic rings. The summed E-state index contributed by atoms with van der Waals surface area (Å²) in [7, 11) is 3.40. The van der Waals surface area contributed by atoms with E-state index >= 15 is 0 Å². The number of hydrogen-bond acceptors (Lipinski definition) is 4. The van der Waals surface area contributed by atoms with Gasteiger partial charge in [-0.1, -0.05) is 25.1 Å². The minimum absolute atomic E-state index is 0.495. The van der Waals surface area contributed by atoms with Crippen LogP contribution in [0.4, 0.5) is 0 Å². The number of benzene rings is 1. The van der Waals surface area contributed by atoms with E-state index in [1.54, 1.807) is 14.2 Å². The molecule has 0 amide bonds. The molecule has 1 aromatic carbocycles. The Balaban J connectivity index is 2.04. The fourth-order valence-corrected chi connectivity index (χ4v) is 2.21. The summed E-state index contributed by atoms with van der Waals surface area (Å²) in [6, 6.07) is 10.1. The van der Waals surface area contributed by atoms with Crippen LogP contribution in [-0.2, 0) is 11.3 Å². The van der Waals surface area contributed by atoms with Crippen molar-refractivity contribution in [1.29, 1.82) is 0 Å². The first kappa shape index (κ1) is 14.8. The second-order valence-electron chi connectivity index (χ2n) is 5.03. The van der Waals surface area contributed by atoms with Crippen LogP contribution in [0.3, 0.4) is 0 Å². The second-order valence-corrected chi connectivity index (χ2v) is 5.03. The van der Waals surface area contributed by atoms with Crippen molar-refractivity contribution in [3.8, 4) is 5.75 Å². The smallest absolute Gasteiger partial charge is 0.145 e. The van der Waals surface area contributed by atoms with E-state index in [0.29, 0.717) is 5.92 Å². The van der Waals surface area contributed by atoms with Crippen LogP contribution in [0.25, 0.3) is 10.9 Å². The van der Waals surface area contributed by atoms with Gasteiger partial charge in [0.05, 0.1) is 12.8 Å². The summed E-state index contributed by atoms with van der Waals surface area (Å²) in [5.74, 6) is 1.31. The molecule has 0 spiro atoms. The van der Waals surface area contributed by atoms with Crippen molar-refractivity contribution in [2.75, 3.05) is 27.4 Å². The Morgan fingerprint density at radius 1 is 1.20 bits per heavy atom. The van der Waals surface area contributed by atoms with Gasteiger partial charge in [-0.3, -0.25) is 0 Å². The summed E-state index contributed by atoms with van der Waals surface area (Å²) >= 11 is 0. The monoisotopic (exact) mass is 274 g/mol. The lowest BCUT2D eigenvalue weighted by Gasteiger charge is -2.12. The van der Waals surface area contributed by atoms with E-state index in [1.807, 2.05) is 18.2 Å². The summed E-state index contributed by atoms with van der Waals surface area (Å²) in [5.41, 5.74) is 1.94. The SMILES string of the molecule is COCC(C)CNCc1ccc2cccc(OC)c2n1. The largest absolute Gasteiger partial charge is 0.494 e. The van der Waals surface area contributed by atoms with Gasteiger partial charge in [0.15, 0.2) is 0 Å². The first-order valence-corrected chi connectivity index (χ1v) is 6.87. The average Bonchev–Trinajstić information content (AvgIpc) is 2.47. The predicted molar refractivity (Wildman–Crippen MR) is 81.0 cm³/mol. The van der Waals surface area contributed by atoms with Crippen molar-refractivity contribution >= 4 is 10.9 Å². The van der Waals surface area contributed by atoms with E-state index in [4.69, 9.17) is 9.47 Å². The molecule has 0 fully saturated rings. The zero-order chi connectivity index (χ0) is 14.4. The number of methoxy groups -OCH3 is 2. The van der Waals surface area contributed by atoms with Crippen molar-refractivity contribution in [1.82, 2.24) is 10.3 Å². The third kappa shape index (κ3) is 3.68. The molecule has 0 saturated heterocycles. The molecule has 0 saturated carbocycles. The van der Waals surface area contributed by atoms with Crippen molar-refractivity contribution in [2.45, 2.75) is 13.5 Å². The zero-order valence-corrected chi connectivity index (χ0v) is 12.3. The highest BCUT2D eigenvalue weighted by atomic mass is 16.5. The highest BCUT2D eigenvalue weighted by Crippen LogP contribution is 2.23. The van der Waals surface area contributed by atoms with E-state index < -0.39 is 0 Å². The molecule has 2 rings (SSSR count). The molecule has 1 atom stereocenters. The molecule has 108 valence electrons. The van der Waals surface area contributed by atoms with Gasteiger partial charge < -0.3 is 14.8 Å². The Morgan fingerprint density at radius 3 is 2.80 bits per heavy atom. The van der Waals surface area contributed by atoms with E-state index in [1.165, 1.54) is 0 Å². The molecule has 1 unspecified atom stereocenters. The van der Waals surface area contributed by atoms with Gasteiger partial charge in [-0.2, -0.15) is 0 Å². The number of aromatic nitrogens is 1. The zero-order valence-electron chi connectivity index (χ0n) is 12.3. The lowest BCUT2D eigenvalue weighted by molar-refractivity contribution is 0.158. The minimum atomic E-state index is 0.495. The molecule has 0 aliphatic rings. The van der Waals surface area contributed by atoms with Gasteiger partial charge in [0.1, 0.15) is 11.3 Å². The van der Waals surface area contributed by atoms with Crippen LogP contribution in [-0.4, -0.2) is 32.4 Å². The van der Waals surface area contributed by atoms with Crippen molar-refractivity contribution in [3.63, 3.8) is 0 Å². The maximum atomic E-state index is 5.36. The molecule has 4 heteroatoms. The van der Waals surface area contributed by atoms with Crippen molar-refractivity contribution < 1.29 is 9.47 Å². The normalized spacial score (nSPS) is 12.6. The quantitative estimate of drug-likeness (QED) is 0.843. The molecule has 4 nitrogen and oxygen atoms in total. The van der Waals surface area contributed by atoms with Crippen LogP contribution in [0.5, 0.6) is 5.75 Å². The predicted octanol–water partition coefficient (Wildman–Crippen LogP) is 2.62. The molecule has 0 radical (unpaired) electrons. The maximum Gasteiger partial charge on any atom is 0.145 e. The van der Waals surface area contributed by atoms with E-state index in [-0.39, 0.29) is 0 Å². The first-order chi connectivity index (χ1) is 9.74. The van der Waals surface area contributed by atoms with Crippen molar-refractivity contribution in [3.05, 3.63) is 36.0 Å². The van der Waals surface area contributed by atoms with Crippen LogP contribution >= 0.6 is 0 Å². The molecule has 1 aromatic heterocycles. The van der Waals surface area contributed by atoms with Gasteiger partial charge in [-0.15, -0.1) is 0 Å². The minimum Gasteiger partial charge on any atom is -0.494 e. The summed E-state index contributed by atoms with van der Waals surface area (Å²) in [6.07, 6.45) is 0. The number of fused-ring (bicyclic) bond motifs is 1. The van der Waals surface area contributed by atoms with Gasteiger partial charge >= 0.3 is 0 Å². The van der Waals surface area contributed by atoms with Gasteiger partial charge in [0, 0.05) is 32.2 Å². The summed E-state index contributed by atoms with van der Waals surface area (Å²) in [6.45, 7) is 4.60. The van der Waals surface area contributed by atoms with E-state index in [0.717, 1.165) is 42.0 Å². The Labute approximate surface area is 120 Å². The van der Waals surface area contributed by atoms with Crippen LogP contribution in [0.1, 0.15) is 12.6 Å². The topological polar surface area (TPSA) is 43.4 Å². The Hall–Kier alpha value is -1.65. The molecule has 20 heavy (non-hydrogen) atoms. The van der Waals surface area contributed by atoms with E-state index in [2.05, 4.69) is 29.4 Å². The third-order valence-electron chi connectivity index (χ3n) is 3.21.